The van der Waals surface area contributed by atoms with Crippen molar-refractivity contribution in [3.05, 3.63) is 145 Å². The first-order chi connectivity index (χ1) is 29.7. The van der Waals surface area contributed by atoms with Gasteiger partial charge in [-0.05, 0) is 34.1 Å². The zero-order valence-electron chi connectivity index (χ0n) is 45.6. The lowest BCUT2D eigenvalue weighted by Crippen LogP contribution is -2.13. The van der Waals surface area contributed by atoms with Crippen molar-refractivity contribution in [2.75, 3.05) is 89.9 Å². The van der Waals surface area contributed by atoms with Crippen LogP contribution in [0.2, 0.25) is 0 Å². The quantitative estimate of drug-likeness (QED) is 0.145. The molecule has 64 heavy (non-hydrogen) atoms. The Morgan fingerprint density at radius 3 is 0.828 bits per heavy atom. The molecule has 8 nitrogen and oxygen atoms in total. The number of hydrogen-bond acceptors (Lipinski definition) is 8. The summed E-state index contributed by atoms with van der Waals surface area (Å²) in [6, 6.07) is 44.5. The predicted octanol–water partition coefficient (Wildman–Crippen LogP) is 13.7. The van der Waals surface area contributed by atoms with Crippen molar-refractivity contribution < 1.29 is 39.7 Å². The van der Waals surface area contributed by atoms with Gasteiger partial charge in [0, 0.05) is 86.9 Å². The average molecular weight is 904 g/mol. The standard InChI is InChI=1S/2C7H8.C6H14O2.2C6H6.C5H10O2.4C2H6O.4C2H6.CH4.2B/c2*1-7-5-3-2-4-6-7;1-3-6(7)5-8-4-2;2*1-2-4-6-5-3-1;1-2-6-3-5-4-7-5;4*1-3-2;4*1-2;;;/h2*2-6H,1H3;6-7H,3-5H2,1-2H3;2*1-6H;5H,2-4H2,1H3;4*1-2H3;4*1-2H3;1H4;;/p+1. The summed E-state index contributed by atoms with van der Waals surface area (Å²) in [5, 5.41) is 8.86. The monoisotopic (exact) mass is 904 g/mol. The highest BCUT2D eigenvalue weighted by Crippen LogP contribution is 2.07. The highest BCUT2D eigenvalue weighted by Gasteiger charge is 2.21. The van der Waals surface area contributed by atoms with E-state index < -0.39 is 0 Å². The molecule has 5 rings (SSSR count). The van der Waals surface area contributed by atoms with E-state index in [9.17, 15) is 0 Å². The van der Waals surface area contributed by atoms with E-state index in [0.29, 0.717) is 19.3 Å². The molecule has 1 fully saturated rings. The topological polar surface area (TPSA) is 88.1 Å². The molecular weight excluding hydrogens is 798 g/mol. The molecule has 0 aliphatic carbocycles. The molecule has 4 aromatic carbocycles. The van der Waals surface area contributed by atoms with Crippen molar-refractivity contribution in [1.82, 2.24) is 0 Å². The molecule has 1 N–H and O–H groups in total. The maximum absolute atomic E-state index is 8.86. The summed E-state index contributed by atoms with van der Waals surface area (Å²) in [6.07, 6.45) is 0.940. The largest absolute Gasteiger partial charge is 1.00 e. The number of benzene rings is 4. The summed E-state index contributed by atoms with van der Waals surface area (Å²) in [5.74, 6) is 0. The molecule has 0 spiro atoms. The Hall–Kier alpha value is -3.31. The van der Waals surface area contributed by atoms with Gasteiger partial charge in [-0.3, -0.25) is 0 Å². The van der Waals surface area contributed by atoms with Crippen LogP contribution in [0.4, 0.5) is 0 Å². The third-order valence-electron chi connectivity index (χ3n) is 5.11. The first-order valence-corrected chi connectivity index (χ1v) is 21.8. The number of aliphatic hydroxyl groups is 1. The number of rotatable bonds is 7. The second kappa shape index (κ2) is 108. The first-order valence-electron chi connectivity index (χ1n) is 21.8. The van der Waals surface area contributed by atoms with Gasteiger partial charge in [0.15, 0.2) is 0 Å². The number of aliphatic hydroxyl groups excluding tert-OH is 1. The fourth-order valence-corrected chi connectivity index (χ4v) is 2.62. The molecule has 10 heteroatoms. The third kappa shape index (κ3) is 138. The predicted molar refractivity (Wildman–Crippen MR) is 291 cm³/mol. The van der Waals surface area contributed by atoms with Gasteiger partial charge in [0.25, 0.3) is 0 Å². The van der Waals surface area contributed by atoms with Crippen molar-refractivity contribution in [3.63, 3.8) is 0 Å². The Bertz CT molecular complexity index is 947. The molecule has 374 valence electrons. The minimum absolute atomic E-state index is 0. The van der Waals surface area contributed by atoms with Crippen LogP contribution in [0.15, 0.2) is 133 Å². The molecule has 1 aliphatic heterocycles. The fourth-order valence-electron chi connectivity index (χ4n) is 2.62. The zero-order chi connectivity index (χ0) is 49.1. The zero-order valence-corrected chi connectivity index (χ0v) is 44.6. The number of methoxy groups -OCH3 is 4. The minimum atomic E-state index is -0.269. The van der Waals surface area contributed by atoms with Gasteiger partial charge in [-0.2, -0.15) is 0 Å². The Labute approximate surface area is 405 Å². The van der Waals surface area contributed by atoms with Crippen molar-refractivity contribution in [3.8, 4) is 0 Å². The third-order valence-corrected chi connectivity index (χ3v) is 5.11. The van der Waals surface area contributed by atoms with Crippen LogP contribution in [-0.2, 0) is 33.2 Å². The molecule has 0 saturated carbocycles. The van der Waals surface area contributed by atoms with Crippen molar-refractivity contribution in [2.45, 2.75) is 116 Å². The summed E-state index contributed by atoms with van der Waals surface area (Å²) in [7, 11) is 13.0. The molecule has 0 bridgehead atoms. The highest BCUT2D eigenvalue weighted by atomic mass is 16.6. The number of epoxide rings is 1. The van der Waals surface area contributed by atoms with Gasteiger partial charge in [0.2, 0.25) is 0 Å². The summed E-state index contributed by atoms with van der Waals surface area (Å²) < 4.78 is 31.9. The summed E-state index contributed by atoms with van der Waals surface area (Å²) in [6.45, 7) is 29.7. The second-order valence-electron chi connectivity index (χ2n) is 10.6. The lowest BCUT2D eigenvalue weighted by atomic mass is 10.2. The number of ether oxygens (including phenoxy) is 7. The first kappa shape index (κ1) is 91.2. The molecule has 1 saturated heterocycles. The molecule has 4 aromatic rings. The summed E-state index contributed by atoms with van der Waals surface area (Å²) in [5.41, 5.74) is 2.64. The maximum atomic E-state index is 8.86. The molecule has 1 heterocycles. The van der Waals surface area contributed by atoms with E-state index in [-0.39, 0.29) is 31.8 Å². The SMILES string of the molecule is C.CC.CC.CC.CC.CCOCC(O)CC.CCOCC1CO1.COC.COC.COC.COC.Cc1ccccc1.Cc1ccccc1.[B].[B].[H+].c1ccccc1.c1ccccc1. The van der Waals surface area contributed by atoms with Crippen molar-refractivity contribution in [2.24, 2.45) is 0 Å². The summed E-state index contributed by atoms with van der Waals surface area (Å²) in [4.78, 5) is 0. The molecule has 6 radical (unpaired) electrons. The van der Waals surface area contributed by atoms with Crippen LogP contribution >= 0.6 is 0 Å². The van der Waals surface area contributed by atoms with Gasteiger partial charge < -0.3 is 38.3 Å². The van der Waals surface area contributed by atoms with Crippen LogP contribution in [0.1, 0.15) is 103 Å². The maximum Gasteiger partial charge on any atom is 1.00 e. The molecule has 1 aliphatic rings. The normalized spacial score (nSPS) is 9.69. The fraction of sp³-hybridized carbons (Fsp3) is 0.556. The second-order valence-corrected chi connectivity index (χ2v) is 10.6. The Balaban J connectivity index is -0.0000000416. The van der Waals surface area contributed by atoms with E-state index >= 15 is 0 Å². The summed E-state index contributed by atoms with van der Waals surface area (Å²) >= 11 is 0. The molecule has 0 amide bonds. The van der Waals surface area contributed by atoms with Gasteiger partial charge in [-0.1, -0.05) is 214 Å². The van der Waals surface area contributed by atoms with Crippen LogP contribution < -0.4 is 0 Å². The van der Waals surface area contributed by atoms with E-state index in [4.69, 9.17) is 19.3 Å². The lowest BCUT2D eigenvalue weighted by molar-refractivity contribution is 0.0408. The Morgan fingerprint density at radius 2 is 0.688 bits per heavy atom. The van der Waals surface area contributed by atoms with E-state index in [1.54, 1.807) is 56.9 Å². The smallest absolute Gasteiger partial charge is 0.391 e. The van der Waals surface area contributed by atoms with Crippen LogP contribution in [0.3, 0.4) is 0 Å². The van der Waals surface area contributed by atoms with E-state index in [2.05, 4.69) is 57.1 Å². The van der Waals surface area contributed by atoms with Gasteiger partial charge in [-0.15, -0.1) is 0 Å². The minimum Gasteiger partial charge on any atom is -0.391 e. The average Bonchev–Trinajstić information content (AvgIpc) is 4.16. The van der Waals surface area contributed by atoms with Crippen LogP contribution in [-0.4, -0.2) is 124 Å². The molecule has 2 atom stereocenters. The van der Waals surface area contributed by atoms with Gasteiger partial charge in [-0.25, -0.2) is 0 Å². The van der Waals surface area contributed by atoms with Crippen LogP contribution in [0.25, 0.3) is 0 Å². The van der Waals surface area contributed by atoms with Gasteiger partial charge in [0.05, 0.1) is 25.9 Å². The lowest BCUT2D eigenvalue weighted by Gasteiger charge is -2.05. The highest BCUT2D eigenvalue weighted by molar-refractivity contribution is 5.76. The number of hydrogen-bond donors (Lipinski definition) is 1. The van der Waals surface area contributed by atoms with Crippen LogP contribution in [0.5, 0.6) is 0 Å². The van der Waals surface area contributed by atoms with E-state index in [0.717, 1.165) is 26.2 Å². The van der Waals surface area contributed by atoms with Crippen molar-refractivity contribution in [1.29, 1.82) is 0 Å². The van der Waals surface area contributed by atoms with Crippen molar-refractivity contribution >= 4 is 16.8 Å². The van der Waals surface area contributed by atoms with E-state index in [1.165, 1.54) is 11.1 Å². The Morgan fingerprint density at radius 1 is 0.484 bits per heavy atom. The molecule has 2 unspecified atom stereocenters. The number of aryl methyl sites for hydroxylation is 2. The van der Waals surface area contributed by atoms with Gasteiger partial charge in [0.1, 0.15) is 6.10 Å². The molecular formula is C54H105B2O8+. The van der Waals surface area contributed by atoms with E-state index in [1.807, 2.05) is 185 Å². The van der Waals surface area contributed by atoms with Gasteiger partial charge >= 0.3 is 1.43 Å². The van der Waals surface area contributed by atoms with Crippen LogP contribution in [0, 0.1) is 13.8 Å². The molecule has 0 aromatic heterocycles. The Kier molecular flexibility index (Phi) is 154.